The van der Waals surface area contributed by atoms with Crippen molar-refractivity contribution in [2.45, 2.75) is 13.1 Å². The Balaban J connectivity index is 2.37. The number of benzene rings is 2. The monoisotopic (exact) mass is 344 g/mol. The second-order valence-corrected chi connectivity index (χ2v) is 5.30. The van der Waals surface area contributed by atoms with Crippen molar-refractivity contribution in [3.05, 3.63) is 52.0 Å². The summed E-state index contributed by atoms with van der Waals surface area (Å²) < 4.78 is 38.7. The van der Waals surface area contributed by atoms with Crippen LogP contribution >= 0.6 is 15.9 Å². The lowest BCUT2D eigenvalue weighted by atomic mass is 10.1. The van der Waals surface area contributed by atoms with Crippen LogP contribution < -0.4 is 11.1 Å². The number of halogens is 4. The van der Waals surface area contributed by atoms with Crippen molar-refractivity contribution in [2.75, 3.05) is 11.1 Å². The van der Waals surface area contributed by atoms with Crippen molar-refractivity contribution in [1.29, 1.82) is 0 Å². The van der Waals surface area contributed by atoms with Gasteiger partial charge in [0.25, 0.3) is 0 Å². The van der Waals surface area contributed by atoms with Gasteiger partial charge in [0.2, 0.25) is 0 Å². The average Bonchev–Trinajstić information content (AvgIpc) is 2.29. The molecule has 0 amide bonds. The lowest BCUT2D eigenvalue weighted by molar-refractivity contribution is -0.137. The predicted octanol–water partition coefficient (Wildman–Crippen LogP) is 5.10. The molecule has 106 valence electrons. The van der Waals surface area contributed by atoms with Gasteiger partial charge in [-0.2, -0.15) is 13.2 Å². The molecule has 2 aromatic carbocycles. The lowest BCUT2D eigenvalue weighted by Gasteiger charge is -2.13. The molecule has 2 aromatic rings. The normalized spacial score (nSPS) is 11.4. The van der Waals surface area contributed by atoms with E-state index in [9.17, 15) is 13.2 Å². The molecule has 0 spiro atoms. The van der Waals surface area contributed by atoms with Crippen LogP contribution in [0.5, 0.6) is 0 Å². The largest absolute Gasteiger partial charge is 0.416 e. The lowest BCUT2D eigenvalue weighted by Crippen LogP contribution is -2.05. The van der Waals surface area contributed by atoms with Gasteiger partial charge >= 0.3 is 6.18 Å². The highest BCUT2D eigenvalue weighted by molar-refractivity contribution is 9.10. The fraction of sp³-hybridized carbons (Fsp3) is 0.143. The molecule has 0 aliphatic heterocycles. The van der Waals surface area contributed by atoms with Crippen molar-refractivity contribution < 1.29 is 13.2 Å². The Labute approximate surface area is 122 Å². The zero-order chi connectivity index (χ0) is 14.9. The number of hydrogen-bond donors (Lipinski definition) is 2. The minimum absolute atomic E-state index is 0.338. The highest BCUT2D eigenvalue weighted by atomic mass is 79.9. The first-order valence-corrected chi connectivity index (χ1v) is 6.56. The molecule has 0 atom stereocenters. The molecule has 2 rings (SSSR count). The van der Waals surface area contributed by atoms with Crippen LogP contribution in [0.1, 0.15) is 11.1 Å². The third-order valence-corrected chi connectivity index (χ3v) is 3.36. The van der Waals surface area contributed by atoms with E-state index in [4.69, 9.17) is 5.73 Å². The molecule has 0 aromatic heterocycles. The minimum atomic E-state index is -4.37. The van der Waals surface area contributed by atoms with Crippen molar-refractivity contribution in [3.8, 4) is 0 Å². The van der Waals surface area contributed by atoms with Gasteiger partial charge in [0.05, 0.1) is 11.3 Å². The molecule has 0 saturated heterocycles. The summed E-state index contributed by atoms with van der Waals surface area (Å²) in [6, 6.07) is 8.71. The topological polar surface area (TPSA) is 38.0 Å². The average molecular weight is 345 g/mol. The van der Waals surface area contributed by atoms with E-state index in [2.05, 4.69) is 21.2 Å². The maximum Gasteiger partial charge on any atom is 0.416 e. The van der Waals surface area contributed by atoms with Crippen LogP contribution in [0.15, 0.2) is 40.9 Å². The van der Waals surface area contributed by atoms with Crippen LogP contribution in [0, 0.1) is 6.92 Å². The first kappa shape index (κ1) is 14.7. The molecule has 20 heavy (non-hydrogen) atoms. The smallest absolute Gasteiger partial charge is 0.399 e. The number of hydrogen-bond acceptors (Lipinski definition) is 2. The van der Waals surface area contributed by atoms with Gasteiger partial charge < -0.3 is 11.1 Å². The third-order valence-electron chi connectivity index (χ3n) is 2.67. The number of nitrogen functional groups attached to an aromatic ring is 1. The molecular formula is C14H12BrF3N2. The van der Waals surface area contributed by atoms with Crippen molar-refractivity contribution in [1.82, 2.24) is 0 Å². The van der Waals surface area contributed by atoms with Crippen LogP contribution in [0.25, 0.3) is 0 Å². The Bertz CT molecular complexity index is 619. The standard InChI is InChI=1S/C14H12BrF3N2/c1-8-4-10(19)7-11(5-8)20-13-6-9(14(16,17)18)2-3-12(13)15/h2-7,20H,19H2,1H3. The molecule has 0 bridgehead atoms. The molecule has 0 fully saturated rings. The highest BCUT2D eigenvalue weighted by Gasteiger charge is 2.30. The minimum Gasteiger partial charge on any atom is -0.399 e. The van der Waals surface area contributed by atoms with Gasteiger partial charge in [0.15, 0.2) is 0 Å². The molecule has 6 heteroatoms. The van der Waals surface area contributed by atoms with Gasteiger partial charge in [-0.15, -0.1) is 0 Å². The molecule has 0 aliphatic rings. The second-order valence-electron chi connectivity index (χ2n) is 4.45. The Kier molecular flexibility index (Phi) is 3.94. The molecule has 3 N–H and O–H groups in total. The van der Waals surface area contributed by atoms with Gasteiger partial charge in [-0.1, -0.05) is 0 Å². The van der Waals surface area contributed by atoms with Gasteiger partial charge in [0, 0.05) is 15.8 Å². The van der Waals surface area contributed by atoms with Gasteiger partial charge in [-0.25, -0.2) is 0 Å². The number of nitrogens with two attached hydrogens (primary N) is 1. The van der Waals surface area contributed by atoms with Crippen molar-refractivity contribution in [2.24, 2.45) is 0 Å². The molecular weight excluding hydrogens is 333 g/mol. The van der Waals surface area contributed by atoms with Crippen LogP contribution in [0.3, 0.4) is 0 Å². The fourth-order valence-electron chi connectivity index (χ4n) is 1.84. The molecule has 2 nitrogen and oxygen atoms in total. The molecule has 0 heterocycles. The number of rotatable bonds is 2. The first-order chi connectivity index (χ1) is 9.25. The van der Waals surface area contributed by atoms with E-state index in [-0.39, 0.29) is 0 Å². The van der Waals surface area contributed by atoms with E-state index in [1.54, 1.807) is 12.1 Å². The predicted molar refractivity (Wildman–Crippen MR) is 78.0 cm³/mol. The van der Waals surface area contributed by atoms with E-state index in [0.717, 1.165) is 17.7 Å². The maximum absolute atomic E-state index is 12.7. The Hall–Kier alpha value is -1.69. The summed E-state index contributed by atoms with van der Waals surface area (Å²) in [5.74, 6) is 0. The summed E-state index contributed by atoms with van der Waals surface area (Å²) >= 11 is 3.23. The maximum atomic E-state index is 12.7. The summed E-state index contributed by atoms with van der Waals surface area (Å²) in [6.07, 6.45) is -4.37. The number of aryl methyl sites for hydroxylation is 1. The Morgan fingerprint density at radius 3 is 2.40 bits per heavy atom. The summed E-state index contributed by atoms with van der Waals surface area (Å²) in [5, 5.41) is 2.94. The zero-order valence-electron chi connectivity index (χ0n) is 10.6. The Morgan fingerprint density at radius 1 is 1.10 bits per heavy atom. The SMILES string of the molecule is Cc1cc(N)cc(Nc2cc(C(F)(F)F)ccc2Br)c1. The van der Waals surface area contributed by atoms with Crippen LogP contribution in [-0.2, 0) is 6.18 Å². The van der Waals surface area contributed by atoms with Crippen LogP contribution in [0.2, 0.25) is 0 Å². The van der Waals surface area contributed by atoms with E-state index >= 15 is 0 Å². The van der Waals surface area contributed by atoms with Crippen LogP contribution in [0.4, 0.5) is 30.2 Å². The van der Waals surface area contributed by atoms with E-state index < -0.39 is 11.7 Å². The zero-order valence-corrected chi connectivity index (χ0v) is 12.1. The highest BCUT2D eigenvalue weighted by Crippen LogP contribution is 2.35. The first-order valence-electron chi connectivity index (χ1n) is 5.76. The van der Waals surface area contributed by atoms with E-state index in [1.807, 2.05) is 13.0 Å². The third kappa shape index (κ3) is 3.45. The van der Waals surface area contributed by atoms with E-state index in [0.29, 0.717) is 21.5 Å². The molecule has 0 radical (unpaired) electrons. The van der Waals surface area contributed by atoms with Gasteiger partial charge in [-0.3, -0.25) is 0 Å². The summed E-state index contributed by atoms with van der Waals surface area (Å²) in [7, 11) is 0. The summed E-state index contributed by atoms with van der Waals surface area (Å²) in [4.78, 5) is 0. The molecule has 0 saturated carbocycles. The fourth-order valence-corrected chi connectivity index (χ4v) is 2.18. The summed E-state index contributed by atoms with van der Waals surface area (Å²) in [6.45, 7) is 1.86. The van der Waals surface area contributed by atoms with Crippen LogP contribution in [-0.4, -0.2) is 0 Å². The number of nitrogens with one attached hydrogen (secondary N) is 1. The number of alkyl halides is 3. The second kappa shape index (κ2) is 5.36. The molecule has 0 unspecified atom stereocenters. The summed E-state index contributed by atoms with van der Waals surface area (Å²) in [5.41, 5.74) is 7.47. The number of anilines is 3. The van der Waals surface area contributed by atoms with Crippen molar-refractivity contribution >= 4 is 33.0 Å². The Morgan fingerprint density at radius 2 is 1.80 bits per heavy atom. The van der Waals surface area contributed by atoms with E-state index in [1.165, 1.54) is 6.07 Å². The molecule has 0 aliphatic carbocycles. The quantitative estimate of drug-likeness (QED) is 0.743. The van der Waals surface area contributed by atoms with Gasteiger partial charge in [-0.05, 0) is 64.8 Å². The van der Waals surface area contributed by atoms with Crippen molar-refractivity contribution in [3.63, 3.8) is 0 Å². The van der Waals surface area contributed by atoms with Gasteiger partial charge in [0.1, 0.15) is 0 Å².